The second-order valence-corrected chi connectivity index (χ2v) is 4.51. The van der Waals surface area contributed by atoms with E-state index < -0.39 is 0 Å². The van der Waals surface area contributed by atoms with Crippen molar-refractivity contribution in [3.63, 3.8) is 0 Å². The molecule has 0 aliphatic heterocycles. The molecular weight excluding hydrogens is 259 g/mol. The van der Waals surface area contributed by atoms with E-state index in [4.69, 9.17) is 4.42 Å². The van der Waals surface area contributed by atoms with Gasteiger partial charge in [-0.15, -0.1) is 0 Å². The van der Waals surface area contributed by atoms with Crippen molar-refractivity contribution in [3.05, 3.63) is 59.9 Å². The van der Waals surface area contributed by atoms with Crippen LogP contribution in [0.5, 0.6) is 0 Å². The summed E-state index contributed by atoms with van der Waals surface area (Å²) in [5.41, 5.74) is 1.34. The Hall–Kier alpha value is -2.56. The number of hydrogen-bond donors (Lipinski definition) is 2. The number of H-pyrrole nitrogens is 1. The quantitative estimate of drug-likeness (QED) is 0.767. The summed E-state index contributed by atoms with van der Waals surface area (Å²) in [7, 11) is 0. The van der Waals surface area contributed by atoms with Crippen LogP contribution >= 0.6 is 0 Å². The van der Waals surface area contributed by atoms with Crippen LogP contribution in [0.4, 0.5) is 4.39 Å². The molecule has 2 aromatic heterocycles. The molecule has 0 aliphatic carbocycles. The van der Waals surface area contributed by atoms with E-state index in [1.807, 2.05) is 0 Å². The number of benzene rings is 1. The molecule has 0 unspecified atom stereocenters. The summed E-state index contributed by atoms with van der Waals surface area (Å²) in [5.74, 6) is 0.187. The van der Waals surface area contributed by atoms with Gasteiger partial charge < -0.3 is 14.7 Å². The average molecular weight is 272 g/mol. The molecule has 3 aromatic rings. The van der Waals surface area contributed by atoms with E-state index >= 15 is 0 Å². The Kier molecular flexibility index (Phi) is 3.25. The number of halogens is 1. The second-order valence-electron chi connectivity index (χ2n) is 4.51. The lowest BCUT2D eigenvalue weighted by Crippen LogP contribution is -2.24. The van der Waals surface area contributed by atoms with Gasteiger partial charge in [0, 0.05) is 17.1 Å². The summed E-state index contributed by atoms with van der Waals surface area (Å²) in [6, 6.07) is 8.35. The van der Waals surface area contributed by atoms with E-state index in [0.29, 0.717) is 28.8 Å². The zero-order valence-electron chi connectivity index (χ0n) is 10.7. The Morgan fingerprint density at radius 3 is 3.00 bits per heavy atom. The summed E-state index contributed by atoms with van der Waals surface area (Å²) in [6.45, 7) is 0.330. The molecule has 20 heavy (non-hydrogen) atoms. The van der Waals surface area contributed by atoms with Gasteiger partial charge in [0.1, 0.15) is 11.6 Å². The number of aromatic nitrogens is 1. The highest BCUT2D eigenvalue weighted by Crippen LogP contribution is 2.21. The van der Waals surface area contributed by atoms with Gasteiger partial charge >= 0.3 is 0 Å². The molecule has 0 saturated carbocycles. The van der Waals surface area contributed by atoms with E-state index in [2.05, 4.69) is 10.3 Å². The Labute approximate surface area is 114 Å². The highest BCUT2D eigenvalue weighted by molar-refractivity contribution is 5.89. The van der Waals surface area contributed by atoms with E-state index in [9.17, 15) is 9.18 Å². The van der Waals surface area contributed by atoms with E-state index in [-0.39, 0.29) is 18.1 Å². The van der Waals surface area contributed by atoms with Gasteiger partial charge in [-0.05, 0) is 29.8 Å². The summed E-state index contributed by atoms with van der Waals surface area (Å²) in [4.78, 5) is 14.8. The lowest BCUT2D eigenvalue weighted by molar-refractivity contribution is -0.120. The molecule has 0 spiro atoms. The molecule has 102 valence electrons. The number of carbonyl (C=O) groups is 1. The lowest BCUT2D eigenvalue weighted by atomic mass is 10.1. The first-order chi connectivity index (χ1) is 9.74. The number of nitrogens with one attached hydrogen (secondary N) is 2. The SMILES string of the molecule is O=C(Cc1c[nH]c2cccc(F)c12)NCc1ccco1. The molecule has 0 aliphatic rings. The summed E-state index contributed by atoms with van der Waals surface area (Å²) >= 11 is 0. The van der Waals surface area contributed by atoms with Crippen LogP contribution in [0, 0.1) is 5.82 Å². The zero-order valence-corrected chi connectivity index (χ0v) is 10.7. The standard InChI is InChI=1S/C15H13FN2O2/c16-12-4-1-5-13-15(12)10(8-17-13)7-14(19)18-9-11-3-2-6-20-11/h1-6,8,17H,7,9H2,(H,18,19). The van der Waals surface area contributed by atoms with Crippen LogP contribution < -0.4 is 5.32 Å². The number of furan rings is 1. The maximum Gasteiger partial charge on any atom is 0.224 e. The predicted octanol–water partition coefficient (Wildman–Crippen LogP) is 2.76. The van der Waals surface area contributed by atoms with Crippen molar-refractivity contribution in [2.24, 2.45) is 0 Å². The number of rotatable bonds is 4. The average Bonchev–Trinajstić information content (AvgIpc) is 3.07. The van der Waals surface area contributed by atoms with Gasteiger partial charge in [-0.25, -0.2) is 4.39 Å². The van der Waals surface area contributed by atoms with Gasteiger partial charge in [0.25, 0.3) is 0 Å². The first-order valence-corrected chi connectivity index (χ1v) is 6.27. The molecule has 4 nitrogen and oxygen atoms in total. The van der Waals surface area contributed by atoms with Gasteiger partial charge in [0.15, 0.2) is 0 Å². The maximum absolute atomic E-state index is 13.8. The fraction of sp³-hybridized carbons (Fsp3) is 0.133. The Morgan fingerprint density at radius 1 is 1.30 bits per heavy atom. The van der Waals surface area contributed by atoms with Gasteiger partial charge in [0.2, 0.25) is 5.91 Å². The molecule has 0 fully saturated rings. The highest BCUT2D eigenvalue weighted by Gasteiger charge is 2.12. The third-order valence-electron chi connectivity index (χ3n) is 3.13. The third kappa shape index (κ3) is 2.42. The van der Waals surface area contributed by atoms with Crippen LogP contribution in [0.1, 0.15) is 11.3 Å². The van der Waals surface area contributed by atoms with E-state index in [1.165, 1.54) is 6.07 Å². The highest BCUT2D eigenvalue weighted by atomic mass is 19.1. The van der Waals surface area contributed by atoms with Crippen molar-refractivity contribution in [1.82, 2.24) is 10.3 Å². The fourth-order valence-corrected chi connectivity index (χ4v) is 2.18. The first-order valence-electron chi connectivity index (χ1n) is 6.27. The number of fused-ring (bicyclic) bond motifs is 1. The number of hydrogen-bond acceptors (Lipinski definition) is 2. The smallest absolute Gasteiger partial charge is 0.224 e. The van der Waals surface area contributed by atoms with Crippen molar-refractivity contribution in [3.8, 4) is 0 Å². The monoisotopic (exact) mass is 272 g/mol. The molecule has 2 heterocycles. The van der Waals surface area contributed by atoms with E-state index in [0.717, 1.165) is 0 Å². The summed E-state index contributed by atoms with van der Waals surface area (Å²) in [5, 5.41) is 3.21. The maximum atomic E-state index is 13.8. The molecule has 1 aromatic carbocycles. The molecule has 1 amide bonds. The van der Waals surface area contributed by atoms with Crippen molar-refractivity contribution >= 4 is 16.8 Å². The van der Waals surface area contributed by atoms with Gasteiger partial charge in [-0.3, -0.25) is 4.79 Å². The predicted molar refractivity (Wildman–Crippen MR) is 72.5 cm³/mol. The molecule has 3 rings (SSSR count). The first kappa shape index (κ1) is 12.5. The second kappa shape index (κ2) is 5.21. The Morgan fingerprint density at radius 2 is 2.20 bits per heavy atom. The molecule has 5 heteroatoms. The van der Waals surface area contributed by atoms with Gasteiger partial charge in [0.05, 0.1) is 19.2 Å². The molecule has 0 radical (unpaired) electrons. The van der Waals surface area contributed by atoms with Crippen molar-refractivity contribution in [1.29, 1.82) is 0 Å². The lowest BCUT2D eigenvalue weighted by Gasteiger charge is -2.03. The van der Waals surface area contributed by atoms with Crippen LogP contribution in [0.2, 0.25) is 0 Å². The Bertz CT molecular complexity index is 732. The molecular formula is C15H13FN2O2. The van der Waals surface area contributed by atoms with Gasteiger partial charge in [-0.2, -0.15) is 0 Å². The number of carbonyl (C=O) groups excluding carboxylic acids is 1. The van der Waals surface area contributed by atoms with E-state index in [1.54, 1.807) is 36.7 Å². The minimum atomic E-state index is -0.322. The van der Waals surface area contributed by atoms with Crippen LogP contribution in [-0.4, -0.2) is 10.9 Å². The summed E-state index contributed by atoms with van der Waals surface area (Å²) in [6.07, 6.45) is 3.35. The van der Waals surface area contributed by atoms with Gasteiger partial charge in [-0.1, -0.05) is 6.07 Å². The van der Waals surface area contributed by atoms with Crippen molar-refractivity contribution in [2.45, 2.75) is 13.0 Å². The molecule has 0 bridgehead atoms. The largest absolute Gasteiger partial charge is 0.467 e. The number of aromatic amines is 1. The van der Waals surface area contributed by atoms with Crippen molar-refractivity contribution < 1.29 is 13.6 Å². The third-order valence-corrected chi connectivity index (χ3v) is 3.13. The summed E-state index contributed by atoms with van der Waals surface area (Å²) < 4.78 is 18.9. The normalized spacial score (nSPS) is 10.8. The number of amides is 1. The van der Waals surface area contributed by atoms with Crippen molar-refractivity contribution in [2.75, 3.05) is 0 Å². The molecule has 0 atom stereocenters. The van der Waals surface area contributed by atoms with Crippen LogP contribution in [0.3, 0.4) is 0 Å². The van der Waals surface area contributed by atoms with Crippen LogP contribution in [0.25, 0.3) is 10.9 Å². The van der Waals surface area contributed by atoms with Crippen LogP contribution in [0.15, 0.2) is 47.2 Å². The molecule has 0 saturated heterocycles. The topological polar surface area (TPSA) is 58.0 Å². The minimum absolute atomic E-state index is 0.127. The Balaban J connectivity index is 1.71. The van der Waals surface area contributed by atoms with Crippen LogP contribution in [-0.2, 0) is 17.8 Å². The minimum Gasteiger partial charge on any atom is -0.467 e. The fourth-order valence-electron chi connectivity index (χ4n) is 2.18. The zero-order chi connectivity index (χ0) is 13.9. The molecule has 2 N–H and O–H groups in total.